The second-order valence-corrected chi connectivity index (χ2v) is 7.86. The van der Waals surface area contributed by atoms with Crippen molar-refractivity contribution in [3.8, 4) is 11.5 Å². The largest absolute Gasteiger partial charge is 0.587 e. The summed E-state index contributed by atoms with van der Waals surface area (Å²) in [5.74, 6) is 0.321. The van der Waals surface area contributed by atoms with Crippen LogP contribution in [0.2, 0.25) is 0 Å². The van der Waals surface area contributed by atoms with Gasteiger partial charge in [-0.15, -0.1) is 0 Å². The zero-order valence-electron chi connectivity index (χ0n) is 15.8. The molecule has 0 aliphatic rings. The van der Waals surface area contributed by atoms with Gasteiger partial charge in [-0.05, 0) is 24.3 Å². The average molecular weight is 444 g/mol. The highest BCUT2D eigenvalue weighted by molar-refractivity contribution is 7.49. The predicted molar refractivity (Wildman–Crippen MR) is 105 cm³/mol. The molecular formula is C19H25O10P. The summed E-state index contributed by atoms with van der Waals surface area (Å²) in [6.07, 6.45) is -9.53. The van der Waals surface area contributed by atoms with Gasteiger partial charge in [0.15, 0.2) is 0 Å². The van der Waals surface area contributed by atoms with E-state index in [1.165, 1.54) is 24.3 Å². The van der Waals surface area contributed by atoms with Crippen LogP contribution in [0.25, 0.3) is 0 Å². The predicted octanol–water partition coefficient (Wildman–Crippen LogP) is 0.0659. The van der Waals surface area contributed by atoms with E-state index in [0.29, 0.717) is 0 Å². The lowest BCUT2D eigenvalue weighted by molar-refractivity contribution is -0.145. The Kier molecular flexibility index (Phi) is 9.22. The molecule has 0 aliphatic heterocycles. The third kappa shape index (κ3) is 7.05. The first-order chi connectivity index (χ1) is 14.3. The van der Waals surface area contributed by atoms with Gasteiger partial charge >= 0.3 is 7.82 Å². The smallest absolute Gasteiger partial charge is 0.395 e. The topological polar surface area (TPSA) is 166 Å². The van der Waals surface area contributed by atoms with Gasteiger partial charge in [0.05, 0.1) is 13.2 Å². The Morgan fingerprint density at radius 3 is 1.57 bits per heavy atom. The van der Waals surface area contributed by atoms with Crippen LogP contribution in [0.3, 0.4) is 0 Å². The lowest BCUT2D eigenvalue weighted by atomic mass is 10.00. The highest BCUT2D eigenvalue weighted by atomic mass is 31.2. The third-order valence-electron chi connectivity index (χ3n) is 4.00. The summed E-state index contributed by atoms with van der Waals surface area (Å²) < 4.78 is 28.9. The maximum absolute atomic E-state index is 13.1. The first kappa shape index (κ1) is 24.3. The number of phosphoric acid groups is 1. The number of benzene rings is 2. The van der Waals surface area contributed by atoms with E-state index in [0.717, 1.165) is 0 Å². The Hall–Kier alpha value is -2.01. The number of aliphatic hydroxyl groups excluding tert-OH is 6. The molecule has 2 aromatic rings. The molecule has 11 heteroatoms. The Balaban J connectivity index is 2.08. The van der Waals surface area contributed by atoms with E-state index >= 15 is 0 Å². The molecule has 0 saturated heterocycles. The summed E-state index contributed by atoms with van der Waals surface area (Å²) in [5, 5.41) is 57.7. The van der Waals surface area contributed by atoms with E-state index in [4.69, 9.17) is 18.7 Å². The van der Waals surface area contributed by atoms with Gasteiger partial charge in [0.25, 0.3) is 0 Å². The number of para-hydroxylation sites is 2. The monoisotopic (exact) mass is 444 g/mol. The van der Waals surface area contributed by atoms with E-state index in [1.54, 1.807) is 36.4 Å². The number of hydrogen-bond acceptors (Lipinski definition) is 10. The van der Waals surface area contributed by atoms with Crippen LogP contribution in [0.4, 0.5) is 0 Å². The van der Waals surface area contributed by atoms with Gasteiger partial charge < -0.3 is 39.7 Å². The summed E-state index contributed by atoms with van der Waals surface area (Å²) in [6.45, 7) is -1.68. The molecule has 1 unspecified atom stereocenters. The molecule has 0 fully saturated rings. The lowest BCUT2D eigenvalue weighted by Gasteiger charge is -2.29. The van der Waals surface area contributed by atoms with Crippen LogP contribution in [-0.2, 0) is 9.09 Å². The molecule has 0 aliphatic carbocycles. The molecule has 5 atom stereocenters. The van der Waals surface area contributed by atoms with Crippen molar-refractivity contribution in [2.45, 2.75) is 30.5 Å². The fourth-order valence-corrected chi connectivity index (χ4v) is 3.56. The molecule has 0 radical (unpaired) electrons. The van der Waals surface area contributed by atoms with Crippen LogP contribution in [-0.4, -0.2) is 74.4 Å². The van der Waals surface area contributed by atoms with Crippen molar-refractivity contribution in [3.05, 3.63) is 60.7 Å². The summed E-state index contributed by atoms with van der Waals surface area (Å²) in [7, 11) is -4.34. The van der Waals surface area contributed by atoms with Gasteiger partial charge in [0, 0.05) is 0 Å². The van der Waals surface area contributed by atoms with Crippen LogP contribution >= 0.6 is 7.82 Å². The molecule has 2 aromatic carbocycles. The molecule has 166 valence electrons. The van der Waals surface area contributed by atoms with Gasteiger partial charge in [0.1, 0.15) is 42.0 Å². The number of phosphoric ester groups is 1. The minimum atomic E-state index is -4.34. The van der Waals surface area contributed by atoms with E-state index in [9.17, 15) is 30.1 Å². The molecule has 0 spiro atoms. The Morgan fingerprint density at radius 2 is 1.13 bits per heavy atom. The van der Waals surface area contributed by atoms with Crippen LogP contribution < -0.4 is 9.05 Å². The molecule has 0 bridgehead atoms. The average Bonchev–Trinajstić information content (AvgIpc) is 2.76. The summed E-state index contributed by atoms with van der Waals surface area (Å²) in [6, 6.07) is 16.0. The van der Waals surface area contributed by atoms with Crippen LogP contribution in [0.1, 0.15) is 0 Å². The summed E-state index contributed by atoms with van der Waals surface area (Å²) >= 11 is 0. The van der Waals surface area contributed by atoms with Crippen LogP contribution in [0.5, 0.6) is 11.5 Å². The molecule has 10 nitrogen and oxygen atoms in total. The summed E-state index contributed by atoms with van der Waals surface area (Å²) in [4.78, 5) is 0. The normalized spacial score (nSPS) is 16.9. The van der Waals surface area contributed by atoms with Gasteiger partial charge in [-0.25, -0.2) is 4.57 Å². The summed E-state index contributed by atoms with van der Waals surface area (Å²) in [5.41, 5.74) is 0. The van der Waals surface area contributed by atoms with Crippen molar-refractivity contribution in [1.82, 2.24) is 0 Å². The van der Waals surface area contributed by atoms with E-state index in [2.05, 4.69) is 0 Å². The van der Waals surface area contributed by atoms with Crippen molar-refractivity contribution < 1.29 is 48.8 Å². The zero-order valence-corrected chi connectivity index (χ0v) is 16.7. The van der Waals surface area contributed by atoms with Crippen molar-refractivity contribution in [2.75, 3.05) is 13.2 Å². The molecule has 0 saturated carbocycles. The van der Waals surface area contributed by atoms with Gasteiger partial charge in [-0.2, -0.15) is 0 Å². The number of rotatable bonds is 12. The Bertz CT molecular complexity index is 745. The molecule has 6 N–H and O–H groups in total. The van der Waals surface area contributed by atoms with Crippen molar-refractivity contribution >= 4 is 7.82 Å². The fraction of sp³-hybridized carbons (Fsp3) is 0.368. The van der Waals surface area contributed by atoms with Gasteiger partial charge in [0.2, 0.25) is 0 Å². The molecule has 0 amide bonds. The second-order valence-electron chi connectivity index (χ2n) is 6.34. The number of aliphatic hydroxyl groups is 6. The SMILES string of the molecule is O=P(OCC(O)[C@H](O)[C@@H](O)[C@H](O)[C@H](O)CO)(Oc1ccccc1)Oc1ccccc1. The third-order valence-corrected chi connectivity index (χ3v) is 5.33. The molecule has 0 aromatic heterocycles. The van der Waals surface area contributed by atoms with Crippen LogP contribution in [0.15, 0.2) is 60.7 Å². The van der Waals surface area contributed by atoms with Crippen LogP contribution in [0, 0.1) is 0 Å². The highest BCUT2D eigenvalue weighted by Gasteiger charge is 2.37. The lowest BCUT2D eigenvalue weighted by Crippen LogP contribution is -2.51. The standard InChI is InChI=1S/C19H25O10P/c20-11-15(21)17(23)19(25)18(24)16(22)12-27-30(26,28-13-7-3-1-4-8-13)29-14-9-5-2-6-10-14/h1-10,15-25H,11-12H2/t15-,16?,17-,18+,19+/m1/s1. The number of hydrogen-bond donors (Lipinski definition) is 6. The van der Waals surface area contributed by atoms with E-state index in [-0.39, 0.29) is 11.5 Å². The molecule has 30 heavy (non-hydrogen) atoms. The van der Waals surface area contributed by atoms with E-state index in [1.807, 2.05) is 0 Å². The maximum Gasteiger partial charge on any atom is 0.587 e. The first-order valence-electron chi connectivity index (χ1n) is 9.01. The van der Waals surface area contributed by atoms with Crippen molar-refractivity contribution in [3.63, 3.8) is 0 Å². The minimum absolute atomic E-state index is 0.160. The van der Waals surface area contributed by atoms with E-state index < -0.39 is 51.6 Å². The van der Waals surface area contributed by atoms with Gasteiger partial charge in [-0.1, -0.05) is 36.4 Å². The maximum atomic E-state index is 13.1. The van der Waals surface area contributed by atoms with Crippen molar-refractivity contribution in [2.24, 2.45) is 0 Å². The van der Waals surface area contributed by atoms with Crippen molar-refractivity contribution in [1.29, 1.82) is 0 Å². The Morgan fingerprint density at radius 1 is 0.700 bits per heavy atom. The van der Waals surface area contributed by atoms with Gasteiger partial charge in [-0.3, -0.25) is 4.52 Å². The fourth-order valence-electron chi connectivity index (χ4n) is 2.32. The zero-order chi connectivity index (χ0) is 22.1. The minimum Gasteiger partial charge on any atom is -0.395 e. The quantitative estimate of drug-likeness (QED) is 0.247. The molecule has 2 rings (SSSR count). The molecular weight excluding hydrogens is 419 g/mol. The second kappa shape index (κ2) is 11.4. The first-order valence-corrected chi connectivity index (χ1v) is 10.5. The highest BCUT2D eigenvalue weighted by Crippen LogP contribution is 2.49. The molecule has 0 heterocycles. The Labute approximate surface area is 173 Å².